The summed E-state index contributed by atoms with van der Waals surface area (Å²) in [4.78, 5) is 3.45. The van der Waals surface area contributed by atoms with Crippen LogP contribution < -0.4 is 0 Å². The van der Waals surface area contributed by atoms with Crippen LogP contribution in [0.15, 0.2) is 36.4 Å². The molecule has 0 amide bonds. The smallest absolute Gasteiger partial charge is 0.247 e. The first-order valence-electron chi connectivity index (χ1n) is 5.48. The zero-order chi connectivity index (χ0) is 14.0. The van der Waals surface area contributed by atoms with E-state index in [0.29, 0.717) is 5.56 Å². The Labute approximate surface area is 108 Å². The Morgan fingerprint density at radius 1 is 1.16 bits per heavy atom. The fourth-order valence-corrected chi connectivity index (χ4v) is 1.80. The summed E-state index contributed by atoms with van der Waals surface area (Å²) < 4.78 is 38.3. The number of hydrogen-bond donors (Lipinski definition) is 0. The highest BCUT2D eigenvalue weighted by atomic mass is 19.4. The first-order valence-corrected chi connectivity index (χ1v) is 5.48. The molecule has 0 aliphatic heterocycles. The SMILES string of the molecule is Cc1nc(C(F)(F)F)cc(-c2ccccc2)c1C#N. The van der Waals surface area contributed by atoms with E-state index in [1.807, 2.05) is 6.07 Å². The fourth-order valence-electron chi connectivity index (χ4n) is 1.80. The Morgan fingerprint density at radius 3 is 2.32 bits per heavy atom. The van der Waals surface area contributed by atoms with Crippen molar-refractivity contribution >= 4 is 0 Å². The summed E-state index contributed by atoms with van der Waals surface area (Å²) >= 11 is 0. The van der Waals surface area contributed by atoms with E-state index in [2.05, 4.69) is 4.98 Å². The van der Waals surface area contributed by atoms with Gasteiger partial charge in [-0.25, -0.2) is 4.98 Å². The lowest BCUT2D eigenvalue weighted by atomic mass is 9.99. The molecule has 0 N–H and O–H groups in total. The van der Waals surface area contributed by atoms with Crippen LogP contribution >= 0.6 is 0 Å². The number of hydrogen-bond acceptors (Lipinski definition) is 2. The predicted molar refractivity (Wildman–Crippen MR) is 64.1 cm³/mol. The van der Waals surface area contributed by atoms with Gasteiger partial charge in [0.15, 0.2) is 0 Å². The Bertz CT molecular complexity index is 640. The van der Waals surface area contributed by atoms with Crippen molar-refractivity contribution in [2.24, 2.45) is 0 Å². The molecule has 2 nitrogen and oxygen atoms in total. The van der Waals surface area contributed by atoms with Gasteiger partial charge in [-0.1, -0.05) is 30.3 Å². The van der Waals surface area contributed by atoms with Crippen LogP contribution in [0.2, 0.25) is 0 Å². The molecule has 2 rings (SSSR count). The van der Waals surface area contributed by atoms with Gasteiger partial charge in [-0.3, -0.25) is 0 Å². The van der Waals surface area contributed by atoms with Crippen LogP contribution in [0, 0.1) is 18.3 Å². The first-order chi connectivity index (χ1) is 8.93. The van der Waals surface area contributed by atoms with E-state index in [1.165, 1.54) is 6.92 Å². The first kappa shape index (κ1) is 13.1. The van der Waals surface area contributed by atoms with Crippen LogP contribution in [0.25, 0.3) is 11.1 Å². The average Bonchev–Trinajstić information content (AvgIpc) is 2.37. The van der Waals surface area contributed by atoms with Crippen LogP contribution in [0.3, 0.4) is 0 Å². The van der Waals surface area contributed by atoms with Crippen molar-refractivity contribution in [2.75, 3.05) is 0 Å². The van der Waals surface area contributed by atoms with Crippen LogP contribution in [-0.4, -0.2) is 4.98 Å². The topological polar surface area (TPSA) is 36.7 Å². The standard InChI is InChI=1S/C14H9F3N2/c1-9-12(8-18)11(10-5-3-2-4-6-10)7-13(19-9)14(15,16)17/h2-7H,1H3. The van der Waals surface area contributed by atoms with Gasteiger partial charge in [-0.05, 0) is 18.6 Å². The molecule has 0 aliphatic rings. The zero-order valence-electron chi connectivity index (χ0n) is 9.99. The van der Waals surface area contributed by atoms with Crippen molar-refractivity contribution in [3.8, 4) is 17.2 Å². The van der Waals surface area contributed by atoms with Crippen molar-refractivity contribution in [1.29, 1.82) is 5.26 Å². The van der Waals surface area contributed by atoms with E-state index in [-0.39, 0.29) is 16.8 Å². The van der Waals surface area contributed by atoms with Crippen LogP contribution in [0.1, 0.15) is 17.0 Å². The van der Waals surface area contributed by atoms with Crippen molar-refractivity contribution in [1.82, 2.24) is 4.98 Å². The van der Waals surface area contributed by atoms with Gasteiger partial charge in [-0.15, -0.1) is 0 Å². The van der Waals surface area contributed by atoms with Crippen LogP contribution in [0.5, 0.6) is 0 Å². The molecule has 1 heterocycles. The number of rotatable bonds is 1. The van der Waals surface area contributed by atoms with Gasteiger partial charge in [0.25, 0.3) is 0 Å². The summed E-state index contributed by atoms with van der Waals surface area (Å²) in [7, 11) is 0. The third-order valence-electron chi connectivity index (χ3n) is 2.69. The third-order valence-corrected chi connectivity index (χ3v) is 2.69. The molecule has 0 atom stereocenters. The highest BCUT2D eigenvalue weighted by molar-refractivity contribution is 5.71. The molecule has 1 aromatic heterocycles. The molecule has 19 heavy (non-hydrogen) atoms. The number of nitriles is 1. The van der Waals surface area contributed by atoms with E-state index in [4.69, 9.17) is 5.26 Å². The second-order valence-corrected chi connectivity index (χ2v) is 3.99. The Hall–Kier alpha value is -2.35. The molecule has 0 saturated heterocycles. The normalized spacial score (nSPS) is 11.1. The van der Waals surface area contributed by atoms with Gasteiger partial charge in [0.05, 0.1) is 11.3 Å². The number of nitrogens with zero attached hydrogens (tertiary/aromatic N) is 2. The second-order valence-electron chi connectivity index (χ2n) is 3.99. The summed E-state index contributed by atoms with van der Waals surface area (Å²) in [6.07, 6.45) is -4.53. The van der Waals surface area contributed by atoms with E-state index < -0.39 is 11.9 Å². The molecule has 2 aromatic rings. The molecule has 0 bridgehead atoms. The average molecular weight is 262 g/mol. The molecule has 0 fully saturated rings. The summed E-state index contributed by atoms with van der Waals surface area (Å²) in [6, 6.07) is 11.3. The Balaban J connectivity index is 2.72. The van der Waals surface area contributed by atoms with Crippen LogP contribution in [-0.2, 0) is 6.18 Å². The van der Waals surface area contributed by atoms with Gasteiger partial charge in [-0.2, -0.15) is 18.4 Å². The molecular formula is C14H9F3N2. The van der Waals surface area contributed by atoms with E-state index >= 15 is 0 Å². The van der Waals surface area contributed by atoms with Gasteiger partial charge in [0.1, 0.15) is 11.8 Å². The number of alkyl halides is 3. The molecule has 0 unspecified atom stereocenters. The van der Waals surface area contributed by atoms with Gasteiger partial charge < -0.3 is 0 Å². The lowest BCUT2D eigenvalue weighted by Crippen LogP contribution is -2.10. The predicted octanol–water partition coefficient (Wildman–Crippen LogP) is 3.95. The quantitative estimate of drug-likeness (QED) is 0.780. The number of benzene rings is 1. The summed E-state index contributed by atoms with van der Waals surface area (Å²) in [5.41, 5.74) is 0.0798. The summed E-state index contributed by atoms with van der Waals surface area (Å²) in [5, 5.41) is 9.08. The van der Waals surface area contributed by atoms with E-state index in [0.717, 1.165) is 6.07 Å². The molecular weight excluding hydrogens is 253 g/mol. The van der Waals surface area contributed by atoms with Gasteiger partial charge >= 0.3 is 6.18 Å². The van der Waals surface area contributed by atoms with Gasteiger partial charge in [0, 0.05) is 5.56 Å². The monoisotopic (exact) mass is 262 g/mol. The molecule has 1 aromatic carbocycles. The fraction of sp³-hybridized carbons (Fsp3) is 0.143. The molecule has 0 saturated carbocycles. The molecule has 0 radical (unpaired) electrons. The highest BCUT2D eigenvalue weighted by Crippen LogP contribution is 2.33. The highest BCUT2D eigenvalue weighted by Gasteiger charge is 2.33. The lowest BCUT2D eigenvalue weighted by molar-refractivity contribution is -0.141. The van der Waals surface area contributed by atoms with Crippen molar-refractivity contribution in [2.45, 2.75) is 13.1 Å². The van der Waals surface area contributed by atoms with Crippen molar-refractivity contribution < 1.29 is 13.2 Å². The number of aromatic nitrogens is 1. The van der Waals surface area contributed by atoms with Crippen LogP contribution in [0.4, 0.5) is 13.2 Å². The minimum atomic E-state index is -4.53. The number of pyridine rings is 1. The maximum Gasteiger partial charge on any atom is 0.433 e. The van der Waals surface area contributed by atoms with E-state index in [1.54, 1.807) is 30.3 Å². The Kier molecular flexibility index (Phi) is 3.26. The minimum absolute atomic E-state index is 0.0798. The minimum Gasteiger partial charge on any atom is -0.247 e. The number of halogens is 3. The molecule has 96 valence electrons. The second kappa shape index (κ2) is 4.73. The third kappa shape index (κ3) is 2.58. The molecule has 0 aliphatic carbocycles. The maximum atomic E-state index is 12.8. The molecule has 0 spiro atoms. The van der Waals surface area contributed by atoms with Gasteiger partial charge in [0.2, 0.25) is 0 Å². The van der Waals surface area contributed by atoms with Crippen molar-refractivity contribution in [3.05, 3.63) is 53.3 Å². The summed E-state index contributed by atoms with van der Waals surface area (Å²) in [5.74, 6) is 0. The zero-order valence-corrected chi connectivity index (χ0v) is 9.99. The maximum absolute atomic E-state index is 12.8. The van der Waals surface area contributed by atoms with E-state index in [9.17, 15) is 13.2 Å². The summed E-state index contributed by atoms with van der Waals surface area (Å²) in [6.45, 7) is 1.40. The number of aryl methyl sites for hydroxylation is 1. The van der Waals surface area contributed by atoms with Crippen molar-refractivity contribution in [3.63, 3.8) is 0 Å². The largest absolute Gasteiger partial charge is 0.433 e. The molecule has 5 heteroatoms. The Morgan fingerprint density at radius 2 is 1.79 bits per heavy atom. The lowest BCUT2D eigenvalue weighted by Gasteiger charge is -2.12.